The van der Waals surface area contributed by atoms with Gasteiger partial charge in [0.05, 0.1) is 0 Å². The number of hydrogen-bond donors (Lipinski definition) is 0. The predicted molar refractivity (Wildman–Crippen MR) is 90.1 cm³/mol. The Morgan fingerprint density at radius 3 is 2.29 bits per heavy atom. The molecule has 2 aromatic rings. The average Bonchev–Trinajstić information content (AvgIpc) is 2.57. The van der Waals surface area contributed by atoms with Crippen molar-refractivity contribution in [1.82, 2.24) is 4.90 Å². The zero-order chi connectivity index (χ0) is 17.3. The maximum absolute atomic E-state index is 13.0. The van der Waals surface area contributed by atoms with Gasteiger partial charge >= 0.3 is 11.8 Å². The summed E-state index contributed by atoms with van der Waals surface area (Å²) in [5.74, 6) is -1.36. The van der Waals surface area contributed by atoms with Crippen molar-refractivity contribution in [3.05, 3.63) is 65.0 Å². The summed E-state index contributed by atoms with van der Waals surface area (Å²) >= 11 is 0. The number of halogens is 1. The fourth-order valence-corrected chi connectivity index (χ4v) is 2.78. The molecule has 3 rings (SSSR count). The highest BCUT2D eigenvalue weighted by molar-refractivity contribution is 6.40. The number of carbonyl (C=O) groups excluding carboxylic acids is 2. The number of piperazine rings is 1. The minimum Gasteiger partial charge on any atom is -0.328 e. The van der Waals surface area contributed by atoms with Gasteiger partial charge in [-0.15, -0.1) is 0 Å². The number of aryl methyl sites for hydroxylation is 2. The van der Waals surface area contributed by atoms with E-state index in [0.29, 0.717) is 19.6 Å². The second kappa shape index (κ2) is 6.43. The molecular formula is C19H19FN2O2. The lowest BCUT2D eigenvalue weighted by Gasteiger charge is -2.34. The third-order valence-corrected chi connectivity index (χ3v) is 4.40. The second-order valence-electron chi connectivity index (χ2n) is 6.08. The monoisotopic (exact) mass is 326 g/mol. The summed E-state index contributed by atoms with van der Waals surface area (Å²) in [6, 6.07) is 11.7. The Labute approximate surface area is 140 Å². The van der Waals surface area contributed by atoms with Crippen LogP contribution in [0.2, 0.25) is 0 Å². The molecule has 124 valence electrons. The van der Waals surface area contributed by atoms with E-state index in [1.807, 2.05) is 32.0 Å². The molecule has 5 heteroatoms. The van der Waals surface area contributed by atoms with E-state index in [9.17, 15) is 14.0 Å². The van der Waals surface area contributed by atoms with Crippen LogP contribution in [0.4, 0.5) is 10.1 Å². The Kier molecular flexibility index (Phi) is 4.34. The molecule has 0 spiro atoms. The zero-order valence-electron chi connectivity index (χ0n) is 13.8. The highest BCUT2D eigenvalue weighted by Gasteiger charge is 2.33. The topological polar surface area (TPSA) is 40.6 Å². The van der Waals surface area contributed by atoms with Crippen LogP contribution < -0.4 is 4.90 Å². The highest BCUT2D eigenvalue weighted by Crippen LogP contribution is 2.22. The maximum atomic E-state index is 13.0. The van der Waals surface area contributed by atoms with Gasteiger partial charge in [-0.3, -0.25) is 9.59 Å². The van der Waals surface area contributed by atoms with Crippen LogP contribution in [0.1, 0.15) is 16.7 Å². The van der Waals surface area contributed by atoms with Crippen LogP contribution in [0, 0.1) is 19.7 Å². The molecule has 2 amide bonds. The van der Waals surface area contributed by atoms with Gasteiger partial charge in [-0.25, -0.2) is 4.39 Å². The lowest BCUT2D eigenvalue weighted by atomic mass is 10.1. The first-order valence-electron chi connectivity index (χ1n) is 7.88. The number of nitrogens with zero attached hydrogens (tertiary/aromatic N) is 2. The first-order valence-corrected chi connectivity index (χ1v) is 7.88. The Balaban J connectivity index is 1.74. The fraction of sp³-hybridized carbons (Fsp3) is 0.263. The molecule has 0 aromatic heterocycles. The Hall–Kier alpha value is -2.69. The summed E-state index contributed by atoms with van der Waals surface area (Å²) in [5, 5.41) is 0. The number of carbonyl (C=O) groups is 2. The van der Waals surface area contributed by atoms with Gasteiger partial charge in [-0.1, -0.05) is 18.2 Å². The summed E-state index contributed by atoms with van der Waals surface area (Å²) in [6.45, 7) is 5.21. The standard InChI is InChI=1S/C19H19FN2O2/c1-13-3-8-17(11-14(13)2)22-10-9-21(18(23)19(22)24)12-15-4-6-16(20)7-5-15/h3-8,11H,9-10,12H2,1-2H3. The molecule has 0 unspecified atom stereocenters. The second-order valence-corrected chi connectivity index (χ2v) is 6.08. The molecule has 0 radical (unpaired) electrons. The molecule has 0 N–H and O–H groups in total. The van der Waals surface area contributed by atoms with E-state index in [1.165, 1.54) is 21.9 Å². The number of rotatable bonds is 3. The van der Waals surface area contributed by atoms with Crippen molar-refractivity contribution in [2.45, 2.75) is 20.4 Å². The van der Waals surface area contributed by atoms with E-state index in [4.69, 9.17) is 0 Å². The van der Waals surface area contributed by atoms with Gasteiger partial charge in [0.15, 0.2) is 0 Å². The molecule has 1 aliphatic heterocycles. The molecule has 0 saturated carbocycles. The van der Waals surface area contributed by atoms with E-state index in [1.54, 1.807) is 12.1 Å². The zero-order valence-corrected chi connectivity index (χ0v) is 13.8. The first-order chi connectivity index (χ1) is 11.5. The smallest absolute Gasteiger partial charge is 0.316 e. The molecule has 0 bridgehead atoms. The van der Waals surface area contributed by atoms with E-state index in [2.05, 4.69) is 0 Å². The van der Waals surface area contributed by atoms with Gasteiger partial charge in [-0.2, -0.15) is 0 Å². The lowest BCUT2D eigenvalue weighted by Crippen LogP contribution is -2.54. The third-order valence-electron chi connectivity index (χ3n) is 4.40. The molecule has 24 heavy (non-hydrogen) atoms. The van der Waals surface area contributed by atoms with Gasteiger partial charge in [0, 0.05) is 25.3 Å². The van der Waals surface area contributed by atoms with Gasteiger partial charge in [-0.05, 0) is 54.8 Å². The summed E-state index contributed by atoms with van der Waals surface area (Å²) < 4.78 is 13.0. The Morgan fingerprint density at radius 1 is 0.917 bits per heavy atom. The van der Waals surface area contributed by atoms with E-state index >= 15 is 0 Å². The van der Waals surface area contributed by atoms with Crippen molar-refractivity contribution >= 4 is 17.5 Å². The summed E-state index contributed by atoms with van der Waals surface area (Å²) in [5.41, 5.74) is 3.78. The Morgan fingerprint density at radius 2 is 1.62 bits per heavy atom. The van der Waals surface area contributed by atoms with Crippen LogP contribution in [-0.4, -0.2) is 29.8 Å². The van der Waals surface area contributed by atoms with Gasteiger partial charge in [0.25, 0.3) is 0 Å². The van der Waals surface area contributed by atoms with Crippen LogP contribution in [-0.2, 0) is 16.1 Å². The van der Waals surface area contributed by atoms with Crippen LogP contribution in [0.3, 0.4) is 0 Å². The van der Waals surface area contributed by atoms with Crippen LogP contribution >= 0.6 is 0 Å². The number of benzene rings is 2. The van der Waals surface area contributed by atoms with E-state index in [0.717, 1.165) is 22.4 Å². The SMILES string of the molecule is Cc1ccc(N2CCN(Cc3ccc(F)cc3)C(=O)C2=O)cc1C. The lowest BCUT2D eigenvalue weighted by molar-refractivity contribution is -0.146. The molecule has 1 fully saturated rings. The predicted octanol–water partition coefficient (Wildman–Crippen LogP) is 2.82. The molecule has 1 saturated heterocycles. The number of hydrogen-bond acceptors (Lipinski definition) is 2. The molecule has 4 nitrogen and oxygen atoms in total. The molecule has 0 aliphatic carbocycles. The van der Waals surface area contributed by atoms with Crippen molar-refractivity contribution in [2.24, 2.45) is 0 Å². The largest absolute Gasteiger partial charge is 0.328 e. The maximum Gasteiger partial charge on any atom is 0.316 e. The minimum atomic E-state index is -0.524. The van der Waals surface area contributed by atoms with Crippen LogP contribution in [0.15, 0.2) is 42.5 Å². The summed E-state index contributed by atoms with van der Waals surface area (Å²) in [6.07, 6.45) is 0. The van der Waals surface area contributed by atoms with Crippen molar-refractivity contribution in [1.29, 1.82) is 0 Å². The van der Waals surface area contributed by atoms with Crippen LogP contribution in [0.5, 0.6) is 0 Å². The van der Waals surface area contributed by atoms with E-state index in [-0.39, 0.29) is 5.82 Å². The summed E-state index contributed by atoms with van der Waals surface area (Å²) in [7, 11) is 0. The summed E-state index contributed by atoms with van der Waals surface area (Å²) in [4.78, 5) is 27.9. The normalized spacial score (nSPS) is 15.1. The van der Waals surface area contributed by atoms with Crippen molar-refractivity contribution < 1.29 is 14.0 Å². The molecule has 2 aromatic carbocycles. The van der Waals surface area contributed by atoms with Gasteiger partial charge < -0.3 is 9.80 Å². The molecule has 1 heterocycles. The fourth-order valence-electron chi connectivity index (χ4n) is 2.78. The highest BCUT2D eigenvalue weighted by atomic mass is 19.1. The van der Waals surface area contributed by atoms with Crippen LogP contribution in [0.25, 0.3) is 0 Å². The van der Waals surface area contributed by atoms with E-state index < -0.39 is 11.8 Å². The molecule has 0 atom stereocenters. The molecule has 1 aliphatic rings. The number of anilines is 1. The Bertz CT molecular complexity index is 786. The van der Waals surface area contributed by atoms with Crippen molar-refractivity contribution in [3.8, 4) is 0 Å². The quantitative estimate of drug-likeness (QED) is 0.814. The first kappa shape index (κ1) is 16.2. The number of amides is 2. The third kappa shape index (κ3) is 3.15. The van der Waals surface area contributed by atoms with Gasteiger partial charge in [0.1, 0.15) is 5.82 Å². The van der Waals surface area contributed by atoms with Crippen molar-refractivity contribution in [2.75, 3.05) is 18.0 Å². The minimum absolute atomic E-state index is 0.311. The molecular weight excluding hydrogens is 307 g/mol. The average molecular weight is 326 g/mol. The van der Waals surface area contributed by atoms with Crippen molar-refractivity contribution in [3.63, 3.8) is 0 Å². The van der Waals surface area contributed by atoms with Gasteiger partial charge in [0.2, 0.25) is 0 Å².